The molecule has 2 amide bonds. The fraction of sp³-hybridized carbons (Fsp3) is 0.533. The monoisotopic (exact) mass is 575 g/mol. The lowest BCUT2D eigenvalue weighted by molar-refractivity contribution is -0.141. The molecular weight excluding hydrogens is 534 g/mol. The van der Waals surface area contributed by atoms with Crippen LogP contribution < -0.4 is 9.62 Å². The predicted octanol–water partition coefficient (Wildman–Crippen LogP) is 5.76. The van der Waals surface area contributed by atoms with E-state index >= 15 is 0 Å². The highest BCUT2D eigenvalue weighted by Crippen LogP contribution is 2.26. The van der Waals surface area contributed by atoms with Crippen molar-refractivity contribution in [3.8, 4) is 0 Å². The lowest BCUT2D eigenvalue weighted by atomic mass is 9.95. The first kappa shape index (κ1) is 31.0. The number of rotatable bonds is 12. The number of carbonyl (C=O) groups excluding carboxylic acids is 2. The van der Waals surface area contributed by atoms with Gasteiger partial charge < -0.3 is 10.2 Å². The van der Waals surface area contributed by atoms with E-state index < -0.39 is 16.1 Å². The molecule has 0 saturated heterocycles. The fourth-order valence-electron chi connectivity index (χ4n) is 5.24. The number of hydrogen-bond donors (Lipinski definition) is 1. The number of sulfonamides is 1. The van der Waals surface area contributed by atoms with Gasteiger partial charge in [-0.3, -0.25) is 13.9 Å². The summed E-state index contributed by atoms with van der Waals surface area (Å²) in [6.07, 6.45) is 7.37. The third-order valence-corrected chi connectivity index (χ3v) is 8.97. The van der Waals surface area contributed by atoms with Gasteiger partial charge in [0.2, 0.25) is 21.8 Å². The Balaban J connectivity index is 1.79. The summed E-state index contributed by atoms with van der Waals surface area (Å²) in [7, 11) is -3.55. The fourth-order valence-corrected chi connectivity index (χ4v) is 6.45. The van der Waals surface area contributed by atoms with E-state index in [1.165, 1.54) is 17.0 Å². The van der Waals surface area contributed by atoms with Crippen LogP contribution in [0.15, 0.2) is 42.5 Å². The Bertz CT molecular complexity index is 1240. The number of carbonyl (C=O) groups is 2. The molecule has 1 fully saturated rings. The molecule has 1 atom stereocenters. The molecule has 0 heterocycles. The number of aryl methyl sites for hydroxylation is 2. The Morgan fingerprint density at radius 3 is 2.41 bits per heavy atom. The zero-order chi connectivity index (χ0) is 28.6. The molecule has 2 aromatic carbocycles. The molecule has 0 spiro atoms. The molecule has 0 aliphatic heterocycles. The first-order chi connectivity index (χ1) is 18.5. The summed E-state index contributed by atoms with van der Waals surface area (Å²) in [5, 5.41) is 3.72. The van der Waals surface area contributed by atoms with Gasteiger partial charge in [0, 0.05) is 30.6 Å². The minimum atomic E-state index is -3.55. The maximum Gasteiger partial charge on any atom is 0.243 e. The van der Waals surface area contributed by atoms with Crippen LogP contribution in [-0.2, 0) is 26.2 Å². The average Bonchev–Trinajstić information content (AvgIpc) is 2.89. The molecule has 39 heavy (non-hydrogen) atoms. The number of amides is 2. The second kappa shape index (κ2) is 14.2. The SMILES string of the molecule is CC[C@@H](C(=O)NC1CCCCC1)N(Cc1ccccc1Cl)C(=O)CCCN(c1cc(C)ccc1C)S(C)(=O)=O. The summed E-state index contributed by atoms with van der Waals surface area (Å²) in [6.45, 7) is 6.08. The molecule has 0 unspecified atom stereocenters. The molecule has 2 aromatic rings. The molecular formula is C30H42ClN3O4S. The van der Waals surface area contributed by atoms with Crippen LogP contribution in [0.5, 0.6) is 0 Å². The molecule has 3 rings (SSSR count). The van der Waals surface area contributed by atoms with Gasteiger partial charge in [-0.25, -0.2) is 8.42 Å². The van der Waals surface area contributed by atoms with Gasteiger partial charge in [0.1, 0.15) is 6.04 Å². The normalized spacial score (nSPS) is 15.0. The summed E-state index contributed by atoms with van der Waals surface area (Å²) >= 11 is 6.44. The summed E-state index contributed by atoms with van der Waals surface area (Å²) in [4.78, 5) is 28.7. The second-order valence-electron chi connectivity index (χ2n) is 10.6. The summed E-state index contributed by atoms with van der Waals surface area (Å²) in [5.41, 5.74) is 3.20. The topological polar surface area (TPSA) is 86.8 Å². The van der Waals surface area contributed by atoms with Gasteiger partial charge >= 0.3 is 0 Å². The number of nitrogens with zero attached hydrogens (tertiary/aromatic N) is 2. The Labute approximate surface area is 239 Å². The van der Waals surface area contributed by atoms with Crippen molar-refractivity contribution in [1.82, 2.24) is 10.2 Å². The number of benzene rings is 2. The van der Waals surface area contributed by atoms with E-state index in [0.29, 0.717) is 23.6 Å². The predicted molar refractivity (Wildman–Crippen MR) is 158 cm³/mol. The number of anilines is 1. The van der Waals surface area contributed by atoms with Crippen LogP contribution >= 0.6 is 11.6 Å². The van der Waals surface area contributed by atoms with Gasteiger partial charge in [-0.2, -0.15) is 0 Å². The highest BCUT2D eigenvalue weighted by atomic mass is 35.5. The minimum absolute atomic E-state index is 0.106. The summed E-state index contributed by atoms with van der Waals surface area (Å²) < 4.78 is 26.7. The van der Waals surface area contributed by atoms with Crippen molar-refractivity contribution in [2.45, 2.75) is 90.8 Å². The van der Waals surface area contributed by atoms with Gasteiger partial charge in [-0.05, 0) is 68.4 Å². The van der Waals surface area contributed by atoms with E-state index in [0.717, 1.165) is 42.4 Å². The zero-order valence-corrected chi connectivity index (χ0v) is 25.2. The van der Waals surface area contributed by atoms with Crippen LogP contribution in [0.3, 0.4) is 0 Å². The van der Waals surface area contributed by atoms with Crippen molar-refractivity contribution in [3.05, 3.63) is 64.2 Å². The van der Waals surface area contributed by atoms with Crippen molar-refractivity contribution in [2.75, 3.05) is 17.1 Å². The van der Waals surface area contributed by atoms with Gasteiger partial charge in [-0.15, -0.1) is 0 Å². The van der Waals surface area contributed by atoms with E-state index in [1.54, 1.807) is 11.0 Å². The minimum Gasteiger partial charge on any atom is -0.352 e. The Morgan fingerprint density at radius 2 is 1.77 bits per heavy atom. The van der Waals surface area contributed by atoms with E-state index in [-0.39, 0.29) is 37.4 Å². The van der Waals surface area contributed by atoms with Crippen LogP contribution in [0.4, 0.5) is 5.69 Å². The molecule has 1 saturated carbocycles. The van der Waals surface area contributed by atoms with E-state index in [4.69, 9.17) is 11.6 Å². The molecule has 1 aliphatic rings. The van der Waals surface area contributed by atoms with Crippen molar-refractivity contribution >= 4 is 39.1 Å². The third kappa shape index (κ3) is 8.70. The molecule has 0 radical (unpaired) electrons. The maximum atomic E-state index is 13.7. The summed E-state index contributed by atoms with van der Waals surface area (Å²) in [6, 6.07) is 12.5. The van der Waals surface area contributed by atoms with E-state index in [9.17, 15) is 18.0 Å². The number of hydrogen-bond acceptors (Lipinski definition) is 4. The summed E-state index contributed by atoms with van der Waals surface area (Å²) in [5.74, 6) is -0.340. The third-order valence-electron chi connectivity index (χ3n) is 7.42. The van der Waals surface area contributed by atoms with Crippen molar-refractivity contribution in [2.24, 2.45) is 0 Å². The molecule has 1 aliphatic carbocycles. The Kier molecular flexibility index (Phi) is 11.2. The van der Waals surface area contributed by atoms with Crippen LogP contribution in [0, 0.1) is 13.8 Å². The molecule has 214 valence electrons. The van der Waals surface area contributed by atoms with Crippen LogP contribution in [-0.4, -0.2) is 50.0 Å². The smallest absolute Gasteiger partial charge is 0.243 e. The van der Waals surface area contributed by atoms with Crippen molar-refractivity contribution < 1.29 is 18.0 Å². The molecule has 7 nitrogen and oxygen atoms in total. The average molecular weight is 576 g/mol. The largest absolute Gasteiger partial charge is 0.352 e. The van der Waals surface area contributed by atoms with E-state index in [2.05, 4.69) is 5.32 Å². The van der Waals surface area contributed by atoms with Gasteiger partial charge in [0.05, 0.1) is 11.9 Å². The second-order valence-corrected chi connectivity index (χ2v) is 12.9. The van der Waals surface area contributed by atoms with Crippen molar-refractivity contribution in [3.63, 3.8) is 0 Å². The van der Waals surface area contributed by atoms with Gasteiger partial charge in [0.15, 0.2) is 0 Å². The number of nitrogens with one attached hydrogen (secondary N) is 1. The molecule has 9 heteroatoms. The standard InChI is InChI=1S/C30H42ClN3O4S/c1-5-27(30(36)32-25-13-7-6-8-14-25)33(21-24-12-9-10-15-26(24)31)29(35)16-11-19-34(39(4,37)38)28-20-22(2)17-18-23(28)3/h9-10,12,15,17-18,20,25,27H,5-8,11,13-14,16,19,21H2,1-4H3,(H,32,36)/t27-/m0/s1. The highest BCUT2D eigenvalue weighted by Gasteiger charge is 2.31. The molecule has 0 bridgehead atoms. The van der Waals surface area contributed by atoms with Crippen LogP contribution in [0.1, 0.15) is 75.0 Å². The zero-order valence-electron chi connectivity index (χ0n) is 23.6. The number of halogens is 1. The molecule has 1 N–H and O–H groups in total. The highest BCUT2D eigenvalue weighted by molar-refractivity contribution is 7.92. The first-order valence-electron chi connectivity index (χ1n) is 13.9. The molecule has 0 aromatic heterocycles. The lowest BCUT2D eigenvalue weighted by Gasteiger charge is -2.33. The van der Waals surface area contributed by atoms with E-state index in [1.807, 2.05) is 57.2 Å². The van der Waals surface area contributed by atoms with Gasteiger partial charge in [0.25, 0.3) is 0 Å². The maximum absolute atomic E-state index is 13.7. The first-order valence-corrected chi connectivity index (χ1v) is 16.1. The Morgan fingerprint density at radius 1 is 1.08 bits per heavy atom. The van der Waals surface area contributed by atoms with Crippen LogP contribution in [0.2, 0.25) is 5.02 Å². The van der Waals surface area contributed by atoms with Crippen molar-refractivity contribution in [1.29, 1.82) is 0 Å². The Hall–Kier alpha value is -2.58. The van der Waals surface area contributed by atoms with Crippen LogP contribution in [0.25, 0.3) is 0 Å². The quantitative estimate of drug-likeness (QED) is 0.349. The lowest BCUT2D eigenvalue weighted by Crippen LogP contribution is -2.51. The van der Waals surface area contributed by atoms with Gasteiger partial charge in [-0.1, -0.05) is 68.1 Å².